The Morgan fingerprint density at radius 3 is 2.71 bits per heavy atom. The van der Waals surface area contributed by atoms with Crippen molar-refractivity contribution in [1.29, 1.82) is 0 Å². The van der Waals surface area contributed by atoms with Gasteiger partial charge in [-0.2, -0.15) is 0 Å². The van der Waals surface area contributed by atoms with Crippen LogP contribution in [0.25, 0.3) is 6.20 Å². The Bertz CT molecular complexity index is 415. The number of aromatic nitrogens is 2. The summed E-state index contributed by atoms with van der Waals surface area (Å²) in [5, 5.41) is 0. The molecule has 0 aliphatic heterocycles. The van der Waals surface area contributed by atoms with E-state index in [0.717, 1.165) is 6.54 Å². The van der Waals surface area contributed by atoms with Crippen LogP contribution >= 0.6 is 0 Å². The van der Waals surface area contributed by atoms with E-state index >= 15 is 0 Å². The number of hydrogen-bond donors (Lipinski definition) is 0. The molecule has 1 aromatic carbocycles. The number of benzene rings is 1. The summed E-state index contributed by atoms with van der Waals surface area (Å²) in [4.78, 5) is 0. The summed E-state index contributed by atoms with van der Waals surface area (Å²) in [5.74, 6) is 0. The van der Waals surface area contributed by atoms with Gasteiger partial charge in [-0.1, -0.05) is 36.9 Å². The summed E-state index contributed by atoms with van der Waals surface area (Å²) < 4.78 is 4.06. The van der Waals surface area contributed by atoms with Gasteiger partial charge in [0.1, 0.15) is 18.9 Å². The second-order valence-corrected chi connectivity index (χ2v) is 3.20. The fourth-order valence-corrected chi connectivity index (χ4v) is 1.41. The Labute approximate surface area is 83.7 Å². The van der Waals surface area contributed by atoms with E-state index in [9.17, 15) is 0 Å². The van der Waals surface area contributed by atoms with Crippen LogP contribution in [0.3, 0.4) is 0 Å². The normalized spacial score (nSPS) is 10.0. The SMILES string of the molecule is C=Cn1cc[n+](Cc2ccccc2)c1. The van der Waals surface area contributed by atoms with Crippen molar-refractivity contribution in [2.45, 2.75) is 6.54 Å². The Morgan fingerprint density at radius 1 is 1.29 bits per heavy atom. The quantitative estimate of drug-likeness (QED) is 0.646. The molecule has 1 heterocycles. The van der Waals surface area contributed by atoms with Crippen LogP contribution in [0.1, 0.15) is 5.56 Å². The molecule has 0 radical (unpaired) electrons. The van der Waals surface area contributed by atoms with Crippen molar-refractivity contribution in [1.82, 2.24) is 4.57 Å². The van der Waals surface area contributed by atoms with Crippen LogP contribution in [0.5, 0.6) is 0 Å². The lowest BCUT2D eigenvalue weighted by Gasteiger charge is -1.95. The van der Waals surface area contributed by atoms with Crippen molar-refractivity contribution in [3.05, 3.63) is 61.2 Å². The molecular formula is C12H13N2+. The molecule has 2 aromatic rings. The van der Waals surface area contributed by atoms with E-state index in [1.165, 1.54) is 5.56 Å². The van der Waals surface area contributed by atoms with Gasteiger partial charge >= 0.3 is 0 Å². The van der Waals surface area contributed by atoms with Gasteiger partial charge in [0.2, 0.25) is 6.33 Å². The van der Waals surface area contributed by atoms with Gasteiger partial charge < -0.3 is 0 Å². The lowest BCUT2D eigenvalue weighted by atomic mass is 10.2. The molecule has 0 bridgehead atoms. The maximum atomic E-state index is 3.70. The highest BCUT2D eigenvalue weighted by Crippen LogP contribution is 1.97. The molecule has 14 heavy (non-hydrogen) atoms. The number of imidazole rings is 1. The first-order valence-corrected chi connectivity index (χ1v) is 4.61. The highest BCUT2D eigenvalue weighted by molar-refractivity contribution is 5.14. The van der Waals surface area contributed by atoms with Crippen molar-refractivity contribution >= 4 is 6.20 Å². The van der Waals surface area contributed by atoms with Crippen LogP contribution in [-0.4, -0.2) is 4.57 Å². The Kier molecular flexibility index (Phi) is 2.45. The van der Waals surface area contributed by atoms with Crippen molar-refractivity contribution in [3.8, 4) is 0 Å². The molecule has 2 heteroatoms. The molecule has 70 valence electrons. The van der Waals surface area contributed by atoms with Crippen LogP contribution in [0.15, 0.2) is 55.6 Å². The summed E-state index contributed by atoms with van der Waals surface area (Å²) in [6.07, 6.45) is 7.81. The van der Waals surface area contributed by atoms with Gasteiger partial charge in [-0.15, -0.1) is 0 Å². The van der Waals surface area contributed by atoms with Gasteiger partial charge in [-0.25, -0.2) is 9.13 Å². The van der Waals surface area contributed by atoms with Crippen LogP contribution in [0, 0.1) is 0 Å². The molecule has 0 saturated heterocycles. The Balaban J connectivity index is 2.15. The second kappa shape index (κ2) is 3.92. The molecule has 0 saturated carbocycles. The Morgan fingerprint density at radius 2 is 2.07 bits per heavy atom. The zero-order valence-electron chi connectivity index (χ0n) is 8.00. The number of hydrogen-bond acceptors (Lipinski definition) is 0. The van der Waals surface area contributed by atoms with E-state index in [0.29, 0.717) is 0 Å². The zero-order chi connectivity index (χ0) is 9.80. The molecule has 1 aromatic heterocycles. The van der Waals surface area contributed by atoms with E-state index in [4.69, 9.17) is 0 Å². The third-order valence-electron chi connectivity index (χ3n) is 2.13. The summed E-state index contributed by atoms with van der Waals surface area (Å²) in [6, 6.07) is 10.4. The monoisotopic (exact) mass is 185 g/mol. The summed E-state index contributed by atoms with van der Waals surface area (Å²) in [6.45, 7) is 4.61. The summed E-state index contributed by atoms with van der Waals surface area (Å²) in [5.41, 5.74) is 1.30. The van der Waals surface area contributed by atoms with Crippen LogP contribution in [0.4, 0.5) is 0 Å². The predicted octanol–water partition coefficient (Wildman–Crippen LogP) is 1.92. The minimum Gasteiger partial charge on any atom is -0.232 e. The molecule has 0 fully saturated rings. The van der Waals surface area contributed by atoms with Gasteiger partial charge in [-0.3, -0.25) is 0 Å². The van der Waals surface area contributed by atoms with Gasteiger partial charge in [0.15, 0.2) is 0 Å². The molecule has 0 unspecified atom stereocenters. The lowest BCUT2D eigenvalue weighted by molar-refractivity contribution is -0.687. The summed E-state index contributed by atoms with van der Waals surface area (Å²) in [7, 11) is 0. The highest BCUT2D eigenvalue weighted by Gasteiger charge is 2.00. The maximum Gasteiger partial charge on any atom is 0.248 e. The first-order chi connectivity index (χ1) is 6.88. The molecule has 0 N–H and O–H groups in total. The molecule has 0 atom stereocenters. The van der Waals surface area contributed by atoms with Gasteiger partial charge in [0.25, 0.3) is 0 Å². The fraction of sp³-hybridized carbons (Fsp3) is 0.0833. The molecule has 2 rings (SSSR count). The van der Waals surface area contributed by atoms with E-state index in [2.05, 4.69) is 35.4 Å². The minimum atomic E-state index is 0.904. The first-order valence-electron chi connectivity index (χ1n) is 4.61. The predicted molar refractivity (Wildman–Crippen MR) is 56.6 cm³/mol. The van der Waals surface area contributed by atoms with E-state index < -0.39 is 0 Å². The highest BCUT2D eigenvalue weighted by atomic mass is 15.1. The van der Waals surface area contributed by atoms with E-state index in [1.54, 1.807) is 6.20 Å². The van der Waals surface area contributed by atoms with Gasteiger partial charge in [0, 0.05) is 0 Å². The zero-order valence-corrected chi connectivity index (χ0v) is 8.00. The first kappa shape index (κ1) is 8.75. The molecule has 0 amide bonds. The average molecular weight is 185 g/mol. The second-order valence-electron chi connectivity index (χ2n) is 3.20. The van der Waals surface area contributed by atoms with Crippen LogP contribution in [-0.2, 0) is 6.54 Å². The van der Waals surface area contributed by atoms with Crippen molar-refractivity contribution < 1.29 is 4.57 Å². The van der Waals surface area contributed by atoms with Crippen LogP contribution < -0.4 is 4.57 Å². The fourth-order valence-electron chi connectivity index (χ4n) is 1.41. The Hall–Kier alpha value is -1.83. The third kappa shape index (κ3) is 1.91. The standard InChI is InChI=1S/C12H13N2/c1-2-13-8-9-14(11-13)10-12-6-4-3-5-7-12/h2-9,11H,1,10H2/q+1. The number of rotatable bonds is 3. The molecule has 0 aliphatic carbocycles. The topological polar surface area (TPSA) is 8.81 Å². The average Bonchev–Trinajstić information content (AvgIpc) is 2.67. The minimum absolute atomic E-state index is 0.904. The lowest BCUT2D eigenvalue weighted by Crippen LogP contribution is -2.31. The largest absolute Gasteiger partial charge is 0.248 e. The third-order valence-corrected chi connectivity index (χ3v) is 2.13. The molecule has 2 nitrogen and oxygen atoms in total. The van der Waals surface area contributed by atoms with Gasteiger partial charge in [-0.05, 0) is 5.56 Å². The van der Waals surface area contributed by atoms with Crippen molar-refractivity contribution in [2.24, 2.45) is 0 Å². The number of nitrogens with zero attached hydrogens (tertiary/aromatic N) is 2. The van der Waals surface area contributed by atoms with E-state index in [-0.39, 0.29) is 0 Å². The molecule has 0 spiro atoms. The maximum absolute atomic E-state index is 3.70. The van der Waals surface area contributed by atoms with E-state index in [1.807, 2.05) is 29.4 Å². The van der Waals surface area contributed by atoms with Crippen LogP contribution in [0.2, 0.25) is 0 Å². The van der Waals surface area contributed by atoms with Crippen molar-refractivity contribution in [2.75, 3.05) is 0 Å². The smallest absolute Gasteiger partial charge is 0.232 e. The molecule has 0 aliphatic rings. The molecular weight excluding hydrogens is 172 g/mol. The van der Waals surface area contributed by atoms with Crippen molar-refractivity contribution in [3.63, 3.8) is 0 Å². The summed E-state index contributed by atoms with van der Waals surface area (Å²) >= 11 is 0. The van der Waals surface area contributed by atoms with Gasteiger partial charge in [0.05, 0.1) is 6.20 Å².